The summed E-state index contributed by atoms with van der Waals surface area (Å²) in [5.41, 5.74) is 6.01. The third-order valence-corrected chi connectivity index (χ3v) is 4.85. The Morgan fingerprint density at radius 1 is 1.24 bits per heavy atom. The van der Waals surface area contributed by atoms with Gasteiger partial charge in [0, 0.05) is 25.2 Å². The first-order chi connectivity index (χ1) is 8.26. The third-order valence-electron chi connectivity index (χ3n) is 4.85. The van der Waals surface area contributed by atoms with Gasteiger partial charge < -0.3 is 5.73 Å². The van der Waals surface area contributed by atoms with Crippen molar-refractivity contribution in [2.75, 3.05) is 32.7 Å². The maximum atomic E-state index is 6.01. The molecule has 0 saturated carbocycles. The van der Waals surface area contributed by atoms with Gasteiger partial charge >= 0.3 is 0 Å². The van der Waals surface area contributed by atoms with Gasteiger partial charge in [0.15, 0.2) is 0 Å². The van der Waals surface area contributed by atoms with Gasteiger partial charge in [0.2, 0.25) is 0 Å². The summed E-state index contributed by atoms with van der Waals surface area (Å²) in [7, 11) is 0. The van der Waals surface area contributed by atoms with E-state index in [4.69, 9.17) is 5.73 Å². The number of rotatable bonds is 4. The summed E-state index contributed by atoms with van der Waals surface area (Å²) in [4.78, 5) is 5.38. The molecule has 0 aromatic heterocycles. The zero-order chi connectivity index (χ0) is 12.3. The largest absolute Gasteiger partial charge is 0.329 e. The molecule has 0 spiro atoms. The van der Waals surface area contributed by atoms with Gasteiger partial charge in [-0.3, -0.25) is 9.80 Å². The topological polar surface area (TPSA) is 32.5 Å². The van der Waals surface area contributed by atoms with Gasteiger partial charge in [-0.15, -0.1) is 0 Å². The van der Waals surface area contributed by atoms with Crippen LogP contribution in [0.1, 0.15) is 39.5 Å². The standard InChI is InChI=1S/C14H29N3/c1-3-12(2)14(10-15)17-9-5-8-16-7-4-6-13(16)11-17/h12-14H,3-11,15H2,1-2H3. The Morgan fingerprint density at radius 3 is 2.71 bits per heavy atom. The lowest BCUT2D eigenvalue weighted by Crippen LogP contribution is -2.48. The van der Waals surface area contributed by atoms with E-state index in [9.17, 15) is 0 Å². The molecule has 2 fully saturated rings. The molecule has 0 amide bonds. The van der Waals surface area contributed by atoms with Crippen molar-refractivity contribution in [3.8, 4) is 0 Å². The number of fused-ring (bicyclic) bond motifs is 1. The van der Waals surface area contributed by atoms with Crippen molar-refractivity contribution in [3.63, 3.8) is 0 Å². The Hall–Kier alpha value is -0.120. The van der Waals surface area contributed by atoms with Crippen LogP contribution < -0.4 is 5.73 Å². The predicted molar refractivity (Wildman–Crippen MR) is 73.1 cm³/mol. The molecule has 2 N–H and O–H groups in total. The van der Waals surface area contributed by atoms with E-state index >= 15 is 0 Å². The fraction of sp³-hybridized carbons (Fsp3) is 1.00. The lowest BCUT2D eigenvalue weighted by molar-refractivity contribution is 0.136. The van der Waals surface area contributed by atoms with Crippen LogP contribution in [0.4, 0.5) is 0 Å². The second-order valence-electron chi connectivity index (χ2n) is 5.87. The molecule has 2 rings (SSSR count). The molecule has 3 unspecified atom stereocenters. The molecule has 0 aromatic carbocycles. The lowest BCUT2D eigenvalue weighted by Gasteiger charge is -2.35. The Labute approximate surface area is 106 Å². The summed E-state index contributed by atoms with van der Waals surface area (Å²) < 4.78 is 0. The molecule has 2 saturated heterocycles. The van der Waals surface area contributed by atoms with Gasteiger partial charge in [-0.05, 0) is 44.8 Å². The maximum Gasteiger partial charge on any atom is 0.0244 e. The van der Waals surface area contributed by atoms with Crippen molar-refractivity contribution < 1.29 is 0 Å². The molecule has 0 aliphatic carbocycles. The van der Waals surface area contributed by atoms with Crippen LogP contribution in [0.25, 0.3) is 0 Å². The van der Waals surface area contributed by atoms with Gasteiger partial charge in [0.1, 0.15) is 0 Å². The van der Waals surface area contributed by atoms with Crippen LogP contribution in [-0.4, -0.2) is 54.6 Å². The first kappa shape index (κ1) is 13.3. The molecule has 100 valence electrons. The normalized spacial score (nSPS) is 30.9. The molecule has 0 bridgehead atoms. The average Bonchev–Trinajstić information content (AvgIpc) is 2.68. The van der Waals surface area contributed by atoms with Crippen molar-refractivity contribution in [3.05, 3.63) is 0 Å². The van der Waals surface area contributed by atoms with E-state index in [0.29, 0.717) is 6.04 Å². The first-order valence-electron chi connectivity index (χ1n) is 7.44. The molecule has 17 heavy (non-hydrogen) atoms. The van der Waals surface area contributed by atoms with E-state index in [1.165, 1.54) is 51.9 Å². The van der Waals surface area contributed by atoms with Gasteiger partial charge in [-0.1, -0.05) is 20.3 Å². The van der Waals surface area contributed by atoms with Crippen molar-refractivity contribution >= 4 is 0 Å². The van der Waals surface area contributed by atoms with E-state index in [1.807, 2.05) is 0 Å². The maximum absolute atomic E-state index is 6.01. The minimum atomic E-state index is 0.598. The predicted octanol–water partition coefficient (Wildman–Crippen LogP) is 1.53. The molecule has 2 heterocycles. The summed E-state index contributed by atoms with van der Waals surface area (Å²) >= 11 is 0. The highest BCUT2D eigenvalue weighted by Crippen LogP contribution is 2.24. The summed E-state index contributed by atoms with van der Waals surface area (Å²) in [6.45, 7) is 10.6. The molecule has 3 nitrogen and oxygen atoms in total. The number of hydrogen-bond acceptors (Lipinski definition) is 3. The highest BCUT2D eigenvalue weighted by atomic mass is 15.3. The van der Waals surface area contributed by atoms with Crippen LogP contribution >= 0.6 is 0 Å². The van der Waals surface area contributed by atoms with Crippen LogP contribution in [0.15, 0.2) is 0 Å². The highest BCUT2D eigenvalue weighted by Gasteiger charge is 2.32. The molecular formula is C14H29N3. The molecule has 2 aliphatic heterocycles. The zero-order valence-electron chi connectivity index (χ0n) is 11.6. The van der Waals surface area contributed by atoms with E-state index in [0.717, 1.165) is 18.5 Å². The minimum absolute atomic E-state index is 0.598. The smallest absolute Gasteiger partial charge is 0.0244 e. The SMILES string of the molecule is CCC(C)C(CN)N1CCCN2CCCC2C1. The van der Waals surface area contributed by atoms with Crippen LogP contribution in [-0.2, 0) is 0 Å². The van der Waals surface area contributed by atoms with Crippen molar-refractivity contribution in [1.82, 2.24) is 9.80 Å². The van der Waals surface area contributed by atoms with Gasteiger partial charge in [0.25, 0.3) is 0 Å². The fourth-order valence-electron chi connectivity index (χ4n) is 3.55. The Balaban J connectivity index is 1.99. The summed E-state index contributed by atoms with van der Waals surface area (Å²) in [5, 5.41) is 0. The minimum Gasteiger partial charge on any atom is -0.329 e. The van der Waals surface area contributed by atoms with Crippen LogP contribution in [0.2, 0.25) is 0 Å². The Morgan fingerprint density at radius 2 is 2.00 bits per heavy atom. The second-order valence-corrected chi connectivity index (χ2v) is 5.87. The van der Waals surface area contributed by atoms with Gasteiger partial charge in [-0.2, -0.15) is 0 Å². The molecule has 0 aromatic rings. The quantitative estimate of drug-likeness (QED) is 0.807. The van der Waals surface area contributed by atoms with Crippen molar-refractivity contribution in [1.29, 1.82) is 0 Å². The Kier molecular flexibility index (Phi) is 4.83. The molecule has 3 heteroatoms. The molecule has 2 aliphatic rings. The second kappa shape index (κ2) is 6.17. The lowest BCUT2D eigenvalue weighted by atomic mass is 9.97. The highest BCUT2D eigenvalue weighted by molar-refractivity contribution is 4.88. The van der Waals surface area contributed by atoms with Gasteiger partial charge in [0.05, 0.1) is 0 Å². The summed E-state index contributed by atoms with van der Waals surface area (Å²) in [6.07, 6.45) is 5.36. The number of nitrogens with zero attached hydrogens (tertiary/aromatic N) is 2. The number of nitrogens with two attached hydrogens (primary N) is 1. The van der Waals surface area contributed by atoms with Crippen molar-refractivity contribution in [2.45, 2.75) is 51.6 Å². The third kappa shape index (κ3) is 3.01. The zero-order valence-corrected chi connectivity index (χ0v) is 11.6. The Bertz CT molecular complexity index is 232. The van der Waals surface area contributed by atoms with Gasteiger partial charge in [-0.25, -0.2) is 0 Å². The fourth-order valence-corrected chi connectivity index (χ4v) is 3.55. The van der Waals surface area contributed by atoms with Crippen molar-refractivity contribution in [2.24, 2.45) is 11.7 Å². The van der Waals surface area contributed by atoms with Crippen LogP contribution in [0.3, 0.4) is 0 Å². The van der Waals surface area contributed by atoms with E-state index in [2.05, 4.69) is 23.6 Å². The molecule has 0 radical (unpaired) electrons. The number of hydrogen-bond donors (Lipinski definition) is 1. The molecule has 3 atom stereocenters. The van der Waals surface area contributed by atoms with Crippen LogP contribution in [0.5, 0.6) is 0 Å². The monoisotopic (exact) mass is 239 g/mol. The van der Waals surface area contributed by atoms with Crippen LogP contribution in [0, 0.1) is 5.92 Å². The summed E-state index contributed by atoms with van der Waals surface area (Å²) in [6, 6.07) is 1.41. The van der Waals surface area contributed by atoms with E-state index < -0.39 is 0 Å². The van der Waals surface area contributed by atoms with E-state index in [-0.39, 0.29) is 0 Å². The first-order valence-corrected chi connectivity index (χ1v) is 7.44. The average molecular weight is 239 g/mol. The molecular weight excluding hydrogens is 210 g/mol. The summed E-state index contributed by atoms with van der Waals surface area (Å²) in [5.74, 6) is 0.730. The van der Waals surface area contributed by atoms with E-state index in [1.54, 1.807) is 0 Å².